The van der Waals surface area contributed by atoms with Crippen LogP contribution in [0.25, 0.3) is 0 Å². The van der Waals surface area contributed by atoms with E-state index in [2.05, 4.69) is 15.9 Å². The summed E-state index contributed by atoms with van der Waals surface area (Å²) in [5.41, 5.74) is -0.0390. The highest BCUT2D eigenvalue weighted by molar-refractivity contribution is 9.10. The van der Waals surface area contributed by atoms with Crippen LogP contribution >= 0.6 is 15.9 Å². The molecule has 6 nitrogen and oxygen atoms in total. The first kappa shape index (κ1) is 13.7. The number of hydrogen-bond acceptors (Lipinski definition) is 4. The Hall–Kier alpha value is -1.76. The van der Waals surface area contributed by atoms with Gasteiger partial charge in [-0.05, 0) is 34.0 Å². The molecule has 1 heterocycles. The molecule has 1 unspecified atom stereocenters. The Kier molecular flexibility index (Phi) is 3.66. The maximum atomic E-state index is 12.2. The number of imide groups is 1. The average Bonchev–Trinajstić information content (AvgIpc) is 2.68. The van der Waals surface area contributed by atoms with Gasteiger partial charge in [0, 0.05) is 24.6 Å². The van der Waals surface area contributed by atoms with Crippen molar-refractivity contribution in [2.75, 3.05) is 6.54 Å². The van der Waals surface area contributed by atoms with E-state index in [9.17, 15) is 19.7 Å². The van der Waals surface area contributed by atoms with Gasteiger partial charge in [0.25, 0.3) is 11.6 Å². The lowest BCUT2D eigenvalue weighted by atomic mass is 10.1. The van der Waals surface area contributed by atoms with Crippen LogP contribution in [-0.4, -0.2) is 28.2 Å². The summed E-state index contributed by atoms with van der Waals surface area (Å²) in [6.45, 7) is 2.25. The summed E-state index contributed by atoms with van der Waals surface area (Å²) in [5, 5.41) is 10.8. The normalized spacial score (nSPS) is 18.7. The van der Waals surface area contributed by atoms with Crippen molar-refractivity contribution >= 4 is 33.4 Å². The van der Waals surface area contributed by atoms with E-state index in [1.807, 2.05) is 6.92 Å². The molecule has 2 rings (SSSR count). The number of benzene rings is 1. The van der Waals surface area contributed by atoms with Gasteiger partial charge in [-0.15, -0.1) is 0 Å². The van der Waals surface area contributed by atoms with E-state index in [0.717, 1.165) is 4.90 Å². The predicted octanol–water partition coefficient (Wildman–Crippen LogP) is 2.37. The highest BCUT2D eigenvalue weighted by Crippen LogP contribution is 2.27. The molecule has 1 saturated heterocycles. The molecule has 0 bridgehead atoms. The van der Waals surface area contributed by atoms with Gasteiger partial charge in [-0.25, -0.2) is 0 Å². The van der Waals surface area contributed by atoms with Gasteiger partial charge in [0.1, 0.15) is 0 Å². The van der Waals surface area contributed by atoms with Crippen LogP contribution in [0.2, 0.25) is 0 Å². The molecule has 7 heteroatoms. The maximum absolute atomic E-state index is 12.2. The topological polar surface area (TPSA) is 80.5 Å². The monoisotopic (exact) mass is 326 g/mol. The molecule has 19 heavy (non-hydrogen) atoms. The number of carbonyl (C=O) groups is 2. The zero-order valence-electron chi connectivity index (χ0n) is 10.1. The molecule has 1 aromatic carbocycles. The number of nitro groups is 1. The van der Waals surface area contributed by atoms with Crippen LogP contribution in [0, 0.1) is 16.0 Å². The van der Waals surface area contributed by atoms with Crippen molar-refractivity contribution in [3.8, 4) is 0 Å². The number of halogens is 1. The van der Waals surface area contributed by atoms with E-state index in [-0.39, 0.29) is 23.1 Å². The van der Waals surface area contributed by atoms with Gasteiger partial charge in [0.2, 0.25) is 5.91 Å². The first-order valence-electron chi connectivity index (χ1n) is 5.68. The summed E-state index contributed by atoms with van der Waals surface area (Å²) >= 11 is 3.05. The van der Waals surface area contributed by atoms with E-state index in [1.165, 1.54) is 18.2 Å². The number of amides is 2. The van der Waals surface area contributed by atoms with Gasteiger partial charge in [0.05, 0.1) is 9.40 Å². The molecule has 1 atom stereocenters. The van der Waals surface area contributed by atoms with Gasteiger partial charge >= 0.3 is 0 Å². The predicted molar refractivity (Wildman–Crippen MR) is 70.6 cm³/mol. The fraction of sp³-hybridized carbons (Fsp3) is 0.333. The number of nitrogens with zero attached hydrogens (tertiary/aromatic N) is 2. The van der Waals surface area contributed by atoms with E-state index in [4.69, 9.17) is 0 Å². The SMILES string of the molecule is CC1CC(=O)N(C(=O)c2ccc(Br)c([N+](=O)[O-])c2)C1. The number of carbonyl (C=O) groups excluding carboxylic acids is 2. The van der Waals surface area contributed by atoms with Crippen LogP contribution in [-0.2, 0) is 4.79 Å². The summed E-state index contributed by atoms with van der Waals surface area (Å²) < 4.78 is 0.301. The fourth-order valence-electron chi connectivity index (χ4n) is 2.02. The van der Waals surface area contributed by atoms with Gasteiger partial charge in [0.15, 0.2) is 0 Å². The number of hydrogen-bond donors (Lipinski definition) is 0. The Morgan fingerprint density at radius 2 is 2.21 bits per heavy atom. The van der Waals surface area contributed by atoms with Gasteiger partial charge < -0.3 is 0 Å². The van der Waals surface area contributed by atoms with Crippen molar-refractivity contribution in [2.24, 2.45) is 5.92 Å². The molecule has 0 N–H and O–H groups in total. The van der Waals surface area contributed by atoms with Crippen LogP contribution in [0.3, 0.4) is 0 Å². The minimum Gasteiger partial charge on any atom is -0.278 e. The molecule has 1 aliphatic rings. The highest BCUT2D eigenvalue weighted by Gasteiger charge is 2.32. The third-order valence-corrected chi connectivity index (χ3v) is 3.62. The van der Waals surface area contributed by atoms with Gasteiger partial charge in [-0.1, -0.05) is 6.92 Å². The molecular formula is C12H11BrN2O4. The molecule has 0 aromatic heterocycles. The smallest absolute Gasteiger partial charge is 0.278 e. The van der Waals surface area contributed by atoms with Crippen molar-refractivity contribution in [2.45, 2.75) is 13.3 Å². The maximum Gasteiger partial charge on any atom is 0.284 e. The second-order valence-electron chi connectivity index (χ2n) is 4.54. The zero-order chi connectivity index (χ0) is 14.2. The summed E-state index contributed by atoms with van der Waals surface area (Å²) in [6, 6.07) is 4.09. The standard InChI is InChI=1S/C12H11BrN2O4/c1-7-4-11(16)14(6-7)12(17)8-2-3-9(13)10(5-8)15(18)19/h2-3,5,7H,4,6H2,1H3. The van der Waals surface area contributed by atoms with Crippen LogP contribution in [0.15, 0.2) is 22.7 Å². The van der Waals surface area contributed by atoms with E-state index >= 15 is 0 Å². The quantitative estimate of drug-likeness (QED) is 0.474. The van der Waals surface area contributed by atoms with Crippen LogP contribution in [0.1, 0.15) is 23.7 Å². The minimum absolute atomic E-state index is 0.127. The van der Waals surface area contributed by atoms with Crippen molar-refractivity contribution in [3.05, 3.63) is 38.3 Å². The van der Waals surface area contributed by atoms with E-state index < -0.39 is 10.8 Å². The zero-order valence-corrected chi connectivity index (χ0v) is 11.7. The number of rotatable bonds is 2. The Balaban J connectivity index is 2.32. The molecule has 1 aromatic rings. The Bertz CT molecular complexity index is 573. The van der Waals surface area contributed by atoms with Crippen molar-refractivity contribution in [1.82, 2.24) is 4.90 Å². The third kappa shape index (κ3) is 2.65. The largest absolute Gasteiger partial charge is 0.284 e. The lowest BCUT2D eigenvalue weighted by Crippen LogP contribution is -2.32. The second-order valence-corrected chi connectivity index (χ2v) is 5.40. The molecule has 1 fully saturated rings. The number of nitro benzene ring substituents is 1. The van der Waals surface area contributed by atoms with Crippen molar-refractivity contribution in [3.63, 3.8) is 0 Å². The fourth-order valence-corrected chi connectivity index (χ4v) is 2.42. The molecule has 0 spiro atoms. The first-order chi connectivity index (χ1) is 8.90. The number of likely N-dealkylation sites (tertiary alicyclic amines) is 1. The van der Waals surface area contributed by atoms with Crippen LogP contribution in [0.5, 0.6) is 0 Å². The lowest BCUT2D eigenvalue weighted by molar-refractivity contribution is -0.385. The Labute approximate surface area is 117 Å². The van der Waals surface area contributed by atoms with Gasteiger partial charge in [-0.3, -0.25) is 24.6 Å². The van der Waals surface area contributed by atoms with Crippen LogP contribution in [0.4, 0.5) is 5.69 Å². The van der Waals surface area contributed by atoms with Crippen molar-refractivity contribution in [1.29, 1.82) is 0 Å². The average molecular weight is 327 g/mol. The summed E-state index contributed by atoms with van der Waals surface area (Å²) in [4.78, 5) is 35.2. The summed E-state index contributed by atoms with van der Waals surface area (Å²) in [7, 11) is 0. The highest BCUT2D eigenvalue weighted by atomic mass is 79.9. The van der Waals surface area contributed by atoms with Crippen molar-refractivity contribution < 1.29 is 14.5 Å². The molecule has 0 aliphatic carbocycles. The summed E-state index contributed by atoms with van der Waals surface area (Å²) in [6.07, 6.45) is 0.338. The molecule has 0 saturated carbocycles. The molecule has 1 aliphatic heterocycles. The van der Waals surface area contributed by atoms with Crippen LogP contribution < -0.4 is 0 Å². The first-order valence-corrected chi connectivity index (χ1v) is 6.48. The van der Waals surface area contributed by atoms with E-state index in [1.54, 1.807) is 0 Å². The summed E-state index contributed by atoms with van der Waals surface area (Å²) in [5.74, 6) is -0.588. The molecule has 100 valence electrons. The van der Waals surface area contributed by atoms with Gasteiger partial charge in [-0.2, -0.15) is 0 Å². The third-order valence-electron chi connectivity index (χ3n) is 2.95. The molecular weight excluding hydrogens is 316 g/mol. The molecule has 0 radical (unpaired) electrons. The lowest BCUT2D eigenvalue weighted by Gasteiger charge is -2.14. The second kappa shape index (κ2) is 5.08. The Morgan fingerprint density at radius 1 is 1.53 bits per heavy atom. The molecule has 2 amide bonds. The minimum atomic E-state index is -0.574. The van der Waals surface area contributed by atoms with E-state index in [0.29, 0.717) is 17.4 Å². The Morgan fingerprint density at radius 3 is 2.74 bits per heavy atom.